The molecule has 15 heavy (non-hydrogen) atoms. The van der Waals surface area contributed by atoms with E-state index in [-0.39, 0.29) is 0 Å². The average Bonchev–Trinajstić information content (AvgIpc) is 2.66. The first kappa shape index (κ1) is 11.2. The highest BCUT2D eigenvalue weighted by molar-refractivity contribution is 7.96. The Morgan fingerprint density at radius 3 is 2.73 bits per heavy atom. The lowest BCUT2D eigenvalue weighted by Gasteiger charge is -2.40. The second-order valence-corrected chi connectivity index (χ2v) is 4.57. The molecule has 1 spiro atoms. The lowest BCUT2D eigenvalue weighted by atomic mass is 9.98. The molecule has 2 saturated heterocycles. The lowest BCUT2D eigenvalue weighted by molar-refractivity contribution is -0.194. The maximum atomic E-state index is 11.1. The van der Waals surface area contributed by atoms with Crippen LogP contribution >= 0.6 is 11.9 Å². The summed E-state index contributed by atoms with van der Waals surface area (Å²) in [6, 6.07) is -0.508. The van der Waals surface area contributed by atoms with Gasteiger partial charge < -0.3 is 14.6 Å². The molecule has 2 heterocycles. The molecular formula is C9H15NO4S. The van der Waals surface area contributed by atoms with Crippen LogP contribution in [0.5, 0.6) is 0 Å². The minimum atomic E-state index is -0.803. The molecule has 2 aliphatic rings. The molecule has 0 aromatic carbocycles. The molecule has 0 bridgehead atoms. The molecule has 0 amide bonds. The number of hydrogen-bond donors (Lipinski definition) is 1. The van der Waals surface area contributed by atoms with Crippen LogP contribution in [0.3, 0.4) is 0 Å². The van der Waals surface area contributed by atoms with Gasteiger partial charge in [0.1, 0.15) is 6.04 Å². The normalized spacial score (nSPS) is 30.9. The van der Waals surface area contributed by atoms with Gasteiger partial charge in [-0.15, -0.1) is 0 Å². The van der Waals surface area contributed by atoms with E-state index in [2.05, 4.69) is 0 Å². The number of carbonyl (C=O) groups is 1. The summed E-state index contributed by atoms with van der Waals surface area (Å²) in [5, 5.41) is 9.12. The van der Waals surface area contributed by atoms with Gasteiger partial charge in [-0.05, 0) is 6.26 Å². The fourth-order valence-electron chi connectivity index (χ4n) is 2.12. The zero-order chi connectivity index (χ0) is 10.9. The molecule has 1 atom stereocenters. The quantitative estimate of drug-likeness (QED) is 0.703. The minimum absolute atomic E-state index is 0.420. The van der Waals surface area contributed by atoms with E-state index in [1.165, 1.54) is 11.9 Å². The zero-order valence-corrected chi connectivity index (χ0v) is 9.46. The summed E-state index contributed by atoms with van der Waals surface area (Å²) in [6.07, 6.45) is 3.06. The van der Waals surface area contributed by atoms with Gasteiger partial charge in [0.05, 0.1) is 13.2 Å². The smallest absolute Gasteiger partial charge is 0.322 e. The van der Waals surface area contributed by atoms with E-state index < -0.39 is 17.8 Å². The van der Waals surface area contributed by atoms with Crippen LogP contribution in [-0.4, -0.2) is 53.2 Å². The van der Waals surface area contributed by atoms with Crippen molar-refractivity contribution in [2.45, 2.75) is 24.7 Å². The maximum Gasteiger partial charge on any atom is 0.322 e. The van der Waals surface area contributed by atoms with E-state index in [0.717, 1.165) is 6.42 Å². The molecule has 1 N–H and O–H groups in total. The number of aliphatic carboxylic acids is 1. The molecule has 2 rings (SSSR count). The average molecular weight is 233 g/mol. The van der Waals surface area contributed by atoms with Crippen LogP contribution in [0.25, 0.3) is 0 Å². The van der Waals surface area contributed by atoms with Crippen LogP contribution in [0.1, 0.15) is 12.8 Å². The third-order valence-electron chi connectivity index (χ3n) is 2.90. The first-order valence-electron chi connectivity index (χ1n) is 4.98. The van der Waals surface area contributed by atoms with Crippen LogP contribution in [0.4, 0.5) is 0 Å². The Balaban J connectivity index is 2.08. The van der Waals surface area contributed by atoms with Crippen molar-refractivity contribution in [3.63, 3.8) is 0 Å². The number of carboxylic acid groups (broad SMARTS) is 1. The molecule has 6 heteroatoms. The topological polar surface area (TPSA) is 59.0 Å². The van der Waals surface area contributed by atoms with Crippen LogP contribution in [0, 0.1) is 0 Å². The van der Waals surface area contributed by atoms with Gasteiger partial charge in [0.2, 0.25) is 0 Å². The summed E-state index contributed by atoms with van der Waals surface area (Å²) in [5.41, 5.74) is 0. The third kappa shape index (κ3) is 2.13. The molecular weight excluding hydrogens is 218 g/mol. The lowest BCUT2D eigenvalue weighted by Crippen LogP contribution is -2.51. The highest BCUT2D eigenvalue weighted by Crippen LogP contribution is 2.36. The second kappa shape index (κ2) is 4.29. The molecule has 86 valence electrons. The summed E-state index contributed by atoms with van der Waals surface area (Å²) >= 11 is 1.47. The van der Waals surface area contributed by atoms with E-state index in [1.807, 2.05) is 10.6 Å². The van der Waals surface area contributed by atoms with Crippen LogP contribution in [0.2, 0.25) is 0 Å². The number of ether oxygens (including phenoxy) is 2. The fraction of sp³-hybridized carbons (Fsp3) is 0.889. The number of piperidine rings is 1. The molecule has 1 unspecified atom stereocenters. The second-order valence-electron chi connectivity index (χ2n) is 3.74. The van der Waals surface area contributed by atoms with Gasteiger partial charge >= 0.3 is 5.97 Å². The summed E-state index contributed by atoms with van der Waals surface area (Å²) in [5.74, 6) is -1.43. The van der Waals surface area contributed by atoms with Crippen LogP contribution < -0.4 is 0 Å². The Labute approximate surface area is 92.8 Å². The summed E-state index contributed by atoms with van der Waals surface area (Å²) in [4.78, 5) is 11.1. The van der Waals surface area contributed by atoms with Gasteiger partial charge in [-0.3, -0.25) is 4.79 Å². The number of carboxylic acids is 1. The van der Waals surface area contributed by atoms with Crippen molar-refractivity contribution in [3.8, 4) is 0 Å². The largest absolute Gasteiger partial charge is 0.480 e. The minimum Gasteiger partial charge on any atom is -0.480 e. The Bertz CT molecular complexity index is 254. The number of nitrogens with zero attached hydrogens (tertiary/aromatic N) is 1. The van der Waals surface area contributed by atoms with Gasteiger partial charge in [0.15, 0.2) is 5.79 Å². The van der Waals surface area contributed by atoms with E-state index >= 15 is 0 Å². The molecule has 0 aromatic heterocycles. The fourth-order valence-corrected chi connectivity index (χ4v) is 2.82. The summed E-state index contributed by atoms with van der Waals surface area (Å²) in [7, 11) is 0. The van der Waals surface area contributed by atoms with Crippen LogP contribution in [-0.2, 0) is 14.3 Å². The predicted molar refractivity (Wildman–Crippen MR) is 55.5 cm³/mol. The highest BCUT2D eigenvalue weighted by atomic mass is 32.2. The van der Waals surface area contributed by atoms with Crippen molar-refractivity contribution < 1.29 is 19.4 Å². The van der Waals surface area contributed by atoms with E-state index in [0.29, 0.717) is 26.2 Å². The first-order valence-corrected chi connectivity index (χ1v) is 6.16. The zero-order valence-electron chi connectivity index (χ0n) is 8.64. The van der Waals surface area contributed by atoms with E-state index in [4.69, 9.17) is 14.6 Å². The van der Waals surface area contributed by atoms with Crippen molar-refractivity contribution in [2.75, 3.05) is 26.0 Å². The van der Waals surface area contributed by atoms with Gasteiger partial charge in [0.25, 0.3) is 0 Å². The summed E-state index contributed by atoms with van der Waals surface area (Å²) < 4.78 is 12.9. The molecule has 0 aliphatic carbocycles. The van der Waals surface area contributed by atoms with Crippen LogP contribution in [0.15, 0.2) is 0 Å². The van der Waals surface area contributed by atoms with Crippen molar-refractivity contribution in [1.82, 2.24) is 4.31 Å². The van der Waals surface area contributed by atoms with Crippen molar-refractivity contribution in [2.24, 2.45) is 0 Å². The SMILES string of the molecule is CSN1CCC2(CC1C(=O)O)OCCO2. The predicted octanol–water partition coefficient (Wildman–Crippen LogP) is 0.556. The Kier molecular flexibility index (Phi) is 3.20. The van der Waals surface area contributed by atoms with Gasteiger partial charge in [-0.1, -0.05) is 11.9 Å². The van der Waals surface area contributed by atoms with Crippen molar-refractivity contribution in [3.05, 3.63) is 0 Å². The number of rotatable bonds is 2. The monoisotopic (exact) mass is 233 g/mol. The van der Waals surface area contributed by atoms with E-state index in [1.54, 1.807) is 0 Å². The Hall–Kier alpha value is -0.300. The highest BCUT2D eigenvalue weighted by Gasteiger charge is 2.46. The Morgan fingerprint density at radius 1 is 1.53 bits per heavy atom. The Morgan fingerprint density at radius 2 is 2.20 bits per heavy atom. The first-order chi connectivity index (χ1) is 7.17. The van der Waals surface area contributed by atoms with Gasteiger partial charge in [-0.25, -0.2) is 4.31 Å². The standard InChI is InChI=1S/C9H15NO4S/c1-15-10-3-2-9(13-4-5-14-9)6-7(10)8(11)12/h7H,2-6H2,1H3,(H,11,12). The van der Waals surface area contributed by atoms with Crippen molar-refractivity contribution >= 4 is 17.9 Å². The molecule has 0 radical (unpaired) electrons. The van der Waals surface area contributed by atoms with E-state index in [9.17, 15) is 4.79 Å². The maximum absolute atomic E-state index is 11.1. The third-order valence-corrected chi connectivity index (χ3v) is 3.80. The molecule has 0 aromatic rings. The summed E-state index contributed by atoms with van der Waals surface area (Å²) in [6.45, 7) is 1.84. The van der Waals surface area contributed by atoms with Gasteiger partial charge in [-0.2, -0.15) is 0 Å². The molecule has 2 aliphatic heterocycles. The van der Waals surface area contributed by atoms with Gasteiger partial charge in [0, 0.05) is 19.4 Å². The van der Waals surface area contributed by atoms with Crippen molar-refractivity contribution in [1.29, 1.82) is 0 Å². The number of hydrogen-bond acceptors (Lipinski definition) is 5. The molecule has 2 fully saturated rings. The molecule has 0 saturated carbocycles. The molecule has 5 nitrogen and oxygen atoms in total.